The van der Waals surface area contributed by atoms with Gasteiger partial charge >= 0.3 is 0 Å². The van der Waals surface area contributed by atoms with Crippen LogP contribution in [0.15, 0.2) is 23.0 Å². The molecule has 2 amide bonds. The molecule has 2 unspecified atom stereocenters. The van der Waals surface area contributed by atoms with Gasteiger partial charge in [0.1, 0.15) is 12.3 Å². The Kier molecular flexibility index (Phi) is 5.17. The third-order valence-corrected chi connectivity index (χ3v) is 3.49. The molecule has 110 valence electrons. The van der Waals surface area contributed by atoms with Gasteiger partial charge in [0.15, 0.2) is 0 Å². The first-order valence-corrected chi connectivity index (χ1v) is 6.98. The minimum atomic E-state index is -0.561. The van der Waals surface area contributed by atoms with Crippen molar-refractivity contribution in [1.82, 2.24) is 16.0 Å². The van der Waals surface area contributed by atoms with Crippen molar-refractivity contribution in [2.24, 2.45) is 5.92 Å². The average molecular weight is 279 g/mol. The Bertz CT molecular complexity index is 439. The summed E-state index contributed by atoms with van der Waals surface area (Å²) in [4.78, 5) is 23.7. The molecule has 1 aliphatic rings. The van der Waals surface area contributed by atoms with E-state index in [1.54, 1.807) is 13.0 Å². The molecule has 2 atom stereocenters. The number of hydrogen-bond donors (Lipinski definition) is 3. The van der Waals surface area contributed by atoms with Crippen LogP contribution in [0.1, 0.15) is 30.1 Å². The van der Waals surface area contributed by atoms with Crippen molar-refractivity contribution in [2.45, 2.75) is 25.8 Å². The number of rotatable bonds is 5. The number of amides is 2. The standard InChI is InChI=1S/C14H21N3O3/c1-10(17-14(19)12-4-6-20-9-12)13(18)16-8-11-3-2-5-15-7-11/h4,6,9-11,15H,2-3,5,7-8H2,1H3,(H,16,18)(H,17,19). The molecule has 1 aromatic heterocycles. The van der Waals surface area contributed by atoms with Gasteiger partial charge in [-0.05, 0) is 44.8 Å². The molecule has 2 heterocycles. The van der Waals surface area contributed by atoms with E-state index < -0.39 is 6.04 Å². The topological polar surface area (TPSA) is 83.4 Å². The second kappa shape index (κ2) is 7.09. The Hall–Kier alpha value is -1.82. The number of furan rings is 1. The zero-order valence-corrected chi connectivity index (χ0v) is 11.6. The van der Waals surface area contributed by atoms with Crippen LogP contribution in [-0.4, -0.2) is 37.5 Å². The molecule has 0 aliphatic carbocycles. The molecule has 0 radical (unpaired) electrons. The monoisotopic (exact) mass is 279 g/mol. The van der Waals surface area contributed by atoms with Crippen molar-refractivity contribution in [2.75, 3.05) is 19.6 Å². The van der Waals surface area contributed by atoms with Gasteiger partial charge in [-0.15, -0.1) is 0 Å². The first kappa shape index (κ1) is 14.6. The maximum atomic E-state index is 11.9. The van der Waals surface area contributed by atoms with Crippen molar-refractivity contribution in [1.29, 1.82) is 0 Å². The van der Waals surface area contributed by atoms with Crippen LogP contribution in [0, 0.1) is 5.92 Å². The summed E-state index contributed by atoms with van der Waals surface area (Å²) in [5.41, 5.74) is 0.418. The summed E-state index contributed by atoms with van der Waals surface area (Å²) in [6.45, 7) is 4.32. The quantitative estimate of drug-likeness (QED) is 0.733. The van der Waals surface area contributed by atoms with Crippen molar-refractivity contribution >= 4 is 11.8 Å². The summed E-state index contributed by atoms with van der Waals surface area (Å²) in [6.07, 6.45) is 5.06. The maximum absolute atomic E-state index is 11.9. The van der Waals surface area contributed by atoms with Crippen LogP contribution in [0.5, 0.6) is 0 Å². The minimum absolute atomic E-state index is 0.160. The maximum Gasteiger partial charge on any atom is 0.255 e. The molecule has 0 saturated carbocycles. The van der Waals surface area contributed by atoms with Crippen LogP contribution >= 0.6 is 0 Å². The number of nitrogens with one attached hydrogen (secondary N) is 3. The Labute approximate surface area is 118 Å². The molecule has 0 aromatic carbocycles. The first-order chi connectivity index (χ1) is 9.66. The Morgan fingerprint density at radius 3 is 3.05 bits per heavy atom. The Morgan fingerprint density at radius 2 is 2.40 bits per heavy atom. The highest BCUT2D eigenvalue weighted by molar-refractivity contribution is 5.97. The highest BCUT2D eigenvalue weighted by Gasteiger charge is 2.19. The molecule has 3 N–H and O–H groups in total. The largest absolute Gasteiger partial charge is 0.472 e. The molecule has 6 nitrogen and oxygen atoms in total. The highest BCUT2D eigenvalue weighted by Crippen LogP contribution is 2.08. The average Bonchev–Trinajstić information content (AvgIpc) is 3.00. The van der Waals surface area contributed by atoms with Gasteiger partial charge in [-0.3, -0.25) is 9.59 Å². The Morgan fingerprint density at radius 1 is 1.55 bits per heavy atom. The van der Waals surface area contributed by atoms with Crippen molar-refractivity contribution in [3.63, 3.8) is 0 Å². The number of carbonyl (C=O) groups excluding carboxylic acids is 2. The second-order valence-corrected chi connectivity index (χ2v) is 5.16. The molecular formula is C14H21N3O3. The third kappa shape index (κ3) is 4.09. The van der Waals surface area contributed by atoms with Crippen LogP contribution in [0.3, 0.4) is 0 Å². The molecule has 6 heteroatoms. The predicted molar refractivity (Wildman–Crippen MR) is 74.2 cm³/mol. The Balaban J connectivity index is 1.72. The minimum Gasteiger partial charge on any atom is -0.472 e. The molecule has 0 bridgehead atoms. The van der Waals surface area contributed by atoms with Crippen molar-refractivity contribution < 1.29 is 14.0 Å². The van der Waals surface area contributed by atoms with E-state index in [1.165, 1.54) is 12.5 Å². The lowest BCUT2D eigenvalue weighted by molar-refractivity contribution is -0.122. The zero-order valence-electron chi connectivity index (χ0n) is 11.6. The van der Waals surface area contributed by atoms with E-state index in [4.69, 9.17) is 4.42 Å². The molecule has 1 fully saturated rings. The van der Waals surface area contributed by atoms with Gasteiger partial charge in [-0.2, -0.15) is 0 Å². The van der Waals surface area contributed by atoms with Crippen LogP contribution < -0.4 is 16.0 Å². The third-order valence-electron chi connectivity index (χ3n) is 3.49. The lowest BCUT2D eigenvalue weighted by atomic mass is 10.00. The fourth-order valence-electron chi connectivity index (χ4n) is 2.24. The van der Waals surface area contributed by atoms with Gasteiger partial charge in [0, 0.05) is 6.54 Å². The summed E-state index contributed by atoms with van der Waals surface area (Å²) in [5, 5.41) is 8.84. The molecule has 1 aliphatic heterocycles. The molecule has 2 rings (SSSR count). The van der Waals surface area contributed by atoms with E-state index in [1.807, 2.05) is 0 Å². The molecule has 1 aromatic rings. The summed E-state index contributed by atoms with van der Waals surface area (Å²) in [6, 6.07) is 1.00. The molecule has 0 spiro atoms. The van der Waals surface area contributed by atoms with E-state index in [0.29, 0.717) is 18.0 Å². The highest BCUT2D eigenvalue weighted by atomic mass is 16.3. The SMILES string of the molecule is CC(NC(=O)c1ccoc1)C(=O)NCC1CCCNC1. The summed E-state index contributed by atoms with van der Waals surface area (Å²) >= 11 is 0. The van der Waals surface area contributed by atoms with Gasteiger partial charge in [-0.25, -0.2) is 0 Å². The summed E-state index contributed by atoms with van der Waals surface area (Å²) in [5.74, 6) is 0.0117. The van der Waals surface area contributed by atoms with E-state index >= 15 is 0 Å². The zero-order chi connectivity index (χ0) is 14.4. The number of piperidine rings is 1. The van der Waals surface area contributed by atoms with E-state index in [2.05, 4.69) is 16.0 Å². The normalized spacial score (nSPS) is 20.1. The van der Waals surface area contributed by atoms with Crippen LogP contribution in [0.4, 0.5) is 0 Å². The second-order valence-electron chi connectivity index (χ2n) is 5.16. The van der Waals surface area contributed by atoms with Crippen LogP contribution in [0.2, 0.25) is 0 Å². The van der Waals surface area contributed by atoms with Gasteiger partial charge in [0.25, 0.3) is 5.91 Å². The lowest BCUT2D eigenvalue weighted by Gasteiger charge is -2.23. The molecule has 20 heavy (non-hydrogen) atoms. The van der Waals surface area contributed by atoms with E-state index in [0.717, 1.165) is 25.9 Å². The van der Waals surface area contributed by atoms with Gasteiger partial charge in [-0.1, -0.05) is 0 Å². The fraction of sp³-hybridized carbons (Fsp3) is 0.571. The van der Waals surface area contributed by atoms with Crippen LogP contribution in [0.25, 0.3) is 0 Å². The number of hydrogen-bond acceptors (Lipinski definition) is 4. The van der Waals surface area contributed by atoms with Crippen LogP contribution in [-0.2, 0) is 4.79 Å². The predicted octanol–water partition coefficient (Wildman–Crippen LogP) is 0.514. The van der Waals surface area contributed by atoms with E-state index in [-0.39, 0.29) is 11.8 Å². The summed E-state index contributed by atoms with van der Waals surface area (Å²) in [7, 11) is 0. The van der Waals surface area contributed by atoms with Gasteiger partial charge < -0.3 is 20.4 Å². The van der Waals surface area contributed by atoms with Crippen molar-refractivity contribution in [3.05, 3.63) is 24.2 Å². The number of carbonyl (C=O) groups is 2. The fourth-order valence-corrected chi connectivity index (χ4v) is 2.24. The summed E-state index contributed by atoms with van der Waals surface area (Å²) < 4.78 is 4.84. The lowest BCUT2D eigenvalue weighted by Crippen LogP contribution is -2.47. The molecule has 1 saturated heterocycles. The van der Waals surface area contributed by atoms with E-state index in [9.17, 15) is 9.59 Å². The van der Waals surface area contributed by atoms with Gasteiger partial charge in [0.2, 0.25) is 5.91 Å². The molecular weight excluding hydrogens is 258 g/mol. The first-order valence-electron chi connectivity index (χ1n) is 6.98. The van der Waals surface area contributed by atoms with Gasteiger partial charge in [0.05, 0.1) is 11.8 Å². The van der Waals surface area contributed by atoms with Crippen molar-refractivity contribution in [3.8, 4) is 0 Å². The smallest absolute Gasteiger partial charge is 0.255 e.